The average Bonchev–Trinajstić information content (AvgIpc) is 1.77. The molecule has 0 saturated heterocycles. The van der Waals surface area contributed by atoms with Crippen molar-refractivity contribution in [3.05, 3.63) is 18.5 Å². The summed E-state index contributed by atoms with van der Waals surface area (Å²) in [7, 11) is 0. The zero-order valence-corrected chi connectivity index (χ0v) is 4.00. The molecule has 1 aromatic rings. The molecule has 0 bridgehead atoms. The molecule has 0 amide bonds. The molecule has 0 fully saturated rings. The number of hydrogen-bond acceptors (Lipinski definition) is 3. The molecule has 2 N–H and O–H groups in total. The van der Waals surface area contributed by atoms with Crippen molar-refractivity contribution in [2.45, 2.75) is 0 Å². The van der Waals surface area contributed by atoms with Gasteiger partial charge in [0.1, 0.15) is 0 Å². The van der Waals surface area contributed by atoms with Crippen molar-refractivity contribution in [2.24, 2.45) is 0 Å². The van der Waals surface area contributed by atoms with Gasteiger partial charge in [-0.25, -0.2) is 9.97 Å². The van der Waals surface area contributed by atoms with Crippen LogP contribution < -0.4 is 5.73 Å². The van der Waals surface area contributed by atoms with Crippen LogP contribution in [0, 0.1) is 6.08 Å². The Morgan fingerprint density at radius 3 is 2.25 bits per heavy atom. The van der Waals surface area contributed by atoms with E-state index in [-0.39, 0.29) is 0 Å². The molecule has 0 aromatic carbocycles. The van der Waals surface area contributed by atoms with Crippen LogP contribution in [0.4, 0.5) is 10.1 Å². The van der Waals surface area contributed by atoms with Crippen molar-refractivity contribution in [1.29, 1.82) is 0 Å². The van der Waals surface area contributed by atoms with Crippen molar-refractivity contribution in [3.63, 3.8) is 0 Å². The minimum absolute atomic E-state index is 0.367. The number of halogens is 1. The SMILES string of the molecule is Nc1cnc(F)nc1. The monoisotopic (exact) mass is 113 g/mol. The third kappa shape index (κ3) is 0.900. The van der Waals surface area contributed by atoms with Crippen LogP contribution in [0.15, 0.2) is 12.4 Å². The van der Waals surface area contributed by atoms with E-state index in [4.69, 9.17) is 5.73 Å². The van der Waals surface area contributed by atoms with Gasteiger partial charge in [0, 0.05) is 0 Å². The molecule has 1 aromatic heterocycles. The van der Waals surface area contributed by atoms with Gasteiger partial charge in [0.05, 0.1) is 18.1 Å². The predicted octanol–water partition coefficient (Wildman–Crippen LogP) is 0.198. The van der Waals surface area contributed by atoms with Gasteiger partial charge in [0.25, 0.3) is 0 Å². The molecule has 0 saturated carbocycles. The van der Waals surface area contributed by atoms with Crippen LogP contribution in [0.25, 0.3) is 0 Å². The number of nitrogens with zero attached hydrogens (tertiary/aromatic N) is 2. The molecule has 42 valence electrons. The Kier molecular flexibility index (Phi) is 1.07. The molecular formula is C4H4FN3. The molecule has 4 heteroatoms. The molecule has 0 radical (unpaired) electrons. The first-order valence-electron chi connectivity index (χ1n) is 2.02. The van der Waals surface area contributed by atoms with E-state index in [9.17, 15) is 4.39 Å². The van der Waals surface area contributed by atoms with Crippen molar-refractivity contribution < 1.29 is 4.39 Å². The van der Waals surface area contributed by atoms with Crippen molar-refractivity contribution in [1.82, 2.24) is 9.97 Å². The van der Waals surface area contributed by atoms with E-state index in [2.05, 4.69) is 9.97 Å². The van der Waals surface area contributed by atoms with Gasteiger partial charge in [-0.05, 0) is 0 Å². The first-order valence-corrected chi connectivity index (χ1v) is 2.02. The minimum Gasteiger partial charge on any atom is -0.396 e. The number of nitrogen functional groups attached to an aromatic ring is 1. The highest BCUT2D eigenvalue weighted by molar-refractivity contribution is 5.29. The third-order valence-corrected chi connectivity index (χ3v) is 0.640. The van der Waals surface area contributed by atoms with Gasteiger partial charge in [-0.1, -0.05) is 0 Å². The zero-order chi connectivity index (χ0) is 5.98. The second-order valence-electron chi connectivity index (χ2n) is 1.29. The number of rotatable bonds is 0. The Labute approximate surface area is 45.4 Å². The standard InChI is InChI=1S/C4H4FN3/c5-4-7-1-3(6)2-8-4/h1-2H,6H2. The summed E-state index contributed by atoms with van der Waals surface area (Å²) in [6.45, 7) is 0. The zero-order valence-electron chi connectivity index (χ0n) is 4.00. The molecule has 3 nitrogen and oxygen atoms in total. The summed E-state index contributed by atoms with van der Waals surface area (Å²) in [6, 6.07) is 0. The van der Waals surface area contributed by atoms with Gasteiger partial charge >= 0.3 is 6.08 Å². The van der Waals surface area contributed by atoms with Gasteiger partial charge in [0.15, 0.2) is 0 Å². The molecule has 0 atom stereocenters. The summed E-state index contributed by atoms with van der Waals surface area (Å²) in [5, 5.41) is 0. The molecular weight excluding hydrogens is 109 g/mol. The van der Waals surface area contributed by atoms with E-state index in [1.54, 1.807) is 0 Å². The fourth-order valence-electron chi connectivity index (χ4n) is 0.322. The van der Waals surface area contributed by atoms with Crippen LogP contribution >= 0.6 is 0 Å². The van der Waals surface area contributed by atoms with Gasteiger partial charge in [0.2, 0.25) is 0 Å². The third-order valence-electron chi connectivity index (χ3n) is 0.640. The smallest absolute Gasteiger partial charge is 0.308 e. The number of anilines is 1. The van der Waals surface area contributed by atoms with E-state index in [1.807, 2.05) is 0 Å². The van der Waals surface area contributed by atoms with Crippen LogP contribution in [-0.2, 0) is 0 Å². The van der Waals surface area contributed by atoms with E-state index < -0.39 is 6.08 Å². The maximum atomic E-state index is 11.8. The first kappa shape index (κ1) is 4.96. The second-order valence-corrected chi connectivity index (χ2v) is 1.29. The normalized spacial score (nSPS) is 9.12. The fraction of sp³-hybridized carbons (Fsp3) is 0. The Morgan fingerprint density at radius 1 is 1.38 bits per heavy atom. The largest absolute Gasteiger partial charge is 0.396 e. The summed E-state index contributed by atoms with van der Waals surface area (Å²) in [5.41, 5.74) is 5.50. The molecule has 1 heterocycles. The van der Waals surface area contributed by atoms with Crippen LogP contribution in [0.3, 0.4) is 0 Å². The topological polar surface area (TPSA) is 51.8 Å². The lowest BCUT2D eigenvalue weighted by molar-refractivity contribution is 0.539. The highest BCUT2D eigenvalue weighted by Crippen LogP contribution is 1.92. The summed E-state index contributed by atoms with van der Waals surface area (Å²) < 4.78 is 11.8. The highest BCUT2D eigenvalue weighted by Gasteiger charge is 1.87. The summed E-state index contributed by atoms with van der Waals surface area (Å²) in [4.78, 5) is 6.35. The minimum atomic E-state index is -0.751. The number of nitrogens with two attached hydrogens (primary N) is 1. The highest BCUT2D eigenvalue weighted by atomic mass is 19.1. The summed E-state index contributed by atoms with van der Waals surface area (Å²) >= 11 is 0. The molecule has 8 heavy (non-hydrogen) atoms. The maximum absolute atomic E-state index is 11.8. The number of hydrogen-bond donors (Lipinski definition) is 1. The summed E-state index contributed by atoms with van der Waals surface area (Å²) in [5.74, 6) is 0. The Hall–Kier alpha value is -1.19. The molecule has 0 aliphatic heterocycles. The molecule has 0 spiro atoms. The number of aromatic nitrogens is 2. The van der Waals surface area contributed by atoms with E-state index in [0.717, 1.165) is 0 Å². The van der Waals surface area contributed by atoms with E-state index >= 15 is 0 Å². The van der Waals surface area contributed by atoms with Crippen LogP contribution in [0.2, 0.25) is 0 Å². The molecule has 0 aliphatic carbocycles. The van der Waals surface area contributed by atoms with Gasteiger partial charge in [-0.15, -0.1) is 0 Å². The average molecular weight is 113 g/mol. The van der Waals surface area contributed by atoms with Gasteiger partial charge in [-0.2, -0.15) is 4.39 Å². The van der Waals surface area contributed by atoms with Crippen LogP contribution in [0.5, 0.6) is 0 Å². The molecule has 0 aliphatic rings. The first-order chi connectivity index (χ1) is 3.79. The quantitative estimate of drug-likeness (QED) is 0.489. The Bertz CT molecular complexity index is 150. The lowest BCUT2D eigenvalue weighted by Crippen LogP contribution is -1.91. The predicted molar refractivity (Wildman–Crippen MR) is 26.4 cm³/mol. The lowest BCUT2D eigenvalue weighted by atomic mass is 10.6. The Balaban J connectivity index is 3.03. The Morgan fingerprint density at radius 2 is 1.88 bits per heavy atom. The van der Waals surface area contributed by atoms with E-state index in [1.165, 1.54) is 12.4 Å². The van der Waals surface area contributed by atoms with Crippen LogP contribution in [0.1, 0.15) is 0 Å². The van der Waals surface area contributed by atoms with E-state index in [0.29, 0.717) is 5.69 Å². The van der Waals surface area contributed by atoms with Gasteiger partial charge < -0.3 is 5.73 Å². The van der Waals surface area contributed by atoms with Crippen molar-refractivity contribution in [2.75, 3.05) is 5.73 Å². The van der Waals surface area contributed by atoms with Gasteiger partial charge in [-0.3, -0.25) is 0 Å². The van der Waals surface area contributed by atoms with Crippen LogP contribution in [-0.4, -0.2) is 9.97 Å². The molecule has 0 unspecified atom stereocenters. The maximum Gasteiger partial charge on any atom is 0.308 e. The molecule has 1 rings (SSSR count). The summed E-state index contributed by atoms with van der Waals surface area (Å²) in [6.07, 6.45) is 1.67. The van der Waals surface area contributed by atoms with Crippen molar-refractivity contribution in [3.8, 4) is 0 Å². The lowest BCUT2D eigenvalue weighted by Gasteiger charge is -1.85. The fourth-order valence-corrected chi connectivity index (χ4v) is 0.322. The second kappa shape index (κ2) is 1.73. The van der Waals surface area contributed by atoms with Crippen molar-refractivity contribution >= 4 is 5.69 Å².